The van der Waals surface area contributed by atoms with Crippen molar-refractivity contribution in [1.29, 1.82) is 0 Å². The molecular weight excluding hydrogens is 292 g/mol. The van der Waals surface area contributed by atoms with Crippen LogP contribution < -0.4 is 4.74 Å². The van der Waals surface area contributed by atoms with E-state index >= 15 is 0 Å². The molecule has 0 bridgehead atoms. The third kappa shape index (κ3) is 6.85. The molecule has 4 heteroatoms. The first-order chi connectivity index (χ1) is 11.1. The van der Waals surface area contributed by atoms with Gasteiger partial charge in [0.1, 0.15) is 5.75 Å². The van der Waals surface area contributed by atoms with Gasteiger partial charge in [0.05, 0.1) is 18.1 Å². The van der Waals surface area contributed by atoms with Gasteiger partial charge >= 0.3 is 11.9 Å². The average Bonchev–Trinajstić information content (AvgIpc) is 2.56. The quantitative estimate of drug-likeness (QED) is 0.354. The molecule has 1 atom stereocenters. The predicted octanol–water partition coefficient (Wildman–Crippen LogP) is 4.77. The lowest BCUT2D eigenvalue weighted by Gasteiger charge is -2.13. The number of benzene rings is 1. The smallest absolute Gasteiger partial charge is 0.338 e. The minimum Gasteiger partial charge on any atom is -0.462 e. The second kappa shape index (κ2) is 10.8. The zero-order chi connectivity index (χ0) is 17.1. The van der Waals surface area contributed by atoms with Crippen LogP contribution in [0.15, 0.2) is 24.3 Å². The number of carbonyl (C=O) groups excluding carboxylic acids is 2. The highest BCUT2D eigenvalue weighted by Crippen LogP contribution is 2.19. The molecule has 0 N–H and O–H groups in total. The fraction of sp³-hybridized carbons (Fsp3) is 0.579. The van der Waals surface area contributed by atoms with Gasteiger partial charge in [0, 0.05) is 0 Å². The SMILES string of the molecule is CCCCOC(=O)c1ccc(OC(=O)[C@@H](CC)CCCC)cc1. The number of rotatable bonds is 10. The van der Waals surface area contributed by atoms with Crippen LogP contribution in [-0.4, -0.2) is 18.5 Å². The topological polar surface area (TPSA) is 52.6 Å². The van der Waals surface area contributed by atoms with Crippen molar-refractivity contribution in [2.24, 2.45) is 5.92 Å². The van der Waals surface area contributed by atoms with Crippen molar-refractivity contribution < 1.29 is 19.1 Å². The van der Waals surface area contributed by atoms with Crippen molar-refractivity contribution in [3.05, 3.63) is 29.8 Å². The zero-order valence-corrected chi connectivity index (χ0v) is 14.5. The van der Waals surface area contributed by atoms with Crippen LogP contribution in [0.25, 0.3) is 0 Å². The van der Waals surface area contributed by atoms with Gasteiger partial charge in [0.25, 0.3) is 0 Å². The van der Waals surface area contributed by atoms with Gasteiger partial charge < -0.3 is 9.47 Å². The Morgan fingerprint density at radius 3 is 2.22 bits per heavy atom. The second-order valence-electron chi connectivity index (χ2n) is 5.68. The Kier molecular flexibility index (Phi) is 9.03. The van der Waals surface area contributed by atoms with Crippen molar-refractivity contribution in [1.82, 2.24) is 0 Å². The van der Waals surface area contributed by atoms with E-state index in [-0.39, 0.29) is 17.9 Å². The van der Waals surface area contributed by atoms with Crippen molar-refractivity contribution in [2.75, 3.05) is 6.61 Å². The summed E-state index contributed by atoms with van der Waals surface area (Å²) in [5.41, 5.74) is 0.471. The molecule has 1 aromatic carbocycles. The number of hydrogen-bond donors (Lipinski definition) is 0. The van der Waals surface area contributed by atoms with E-state index in [2.05, 4.69) is 6.92 Å². The van der Waals surface area contributed by atoms with E-state index in [0.717, 1.165) is 38.5 Å². The predicted molar refractivity (Wildman–Crippen MR) is 90.6 cm³/mol. The van der Waals surface area contributed by atoms with Gasteiger partial charge in [0.2, 0.25) is 0 Å². The fourth-order valence-corrected chi connectivity index (χ4v) is 2.19. The van der Waals surface area contributed by atoms with Gasteiger partial charge in [-0.2, -0.15) is 0 Å². The average molecular weight is 320 g/mol. The van der Waals surface area contributed by atoms with E-state index in [1.165, 1.54) is 0 Å². The maximum atomic E-state index is 12.1. The molecule has 0 spiro atoms. The molecule has 1 rings (SSSR count). The minimum atomic E-state index is -0.342. The van der Waals surface area contributed by atoms with Gasteiger partial charge in [-0.1, -0.05) is 40.0 Å². The van der Waals surface area contributed by atoms with Crippen LogP contribution in [0.1, 0.15) is 69.7 Å². The standard InChI is InChI=1S/C19H28O4/c1-4-7-9-15(6-3)19(21)23-17-12-10-16(11-13-17)18(20)22-14-8-5-2/h10-13,15H,4-9,14H2,1-3H3/t15-/m0/s1. The summed E-state index contributed by atoms with van der Waals surface area (Å²) in [7, 11) is 0. The van der Waals surface area contributed by atoms with E-state index in [9.17, 15) is 9.59 Å². The lowest BCUT2D eigenvalue weighted by Crippen LogP contribution is -2.20. The lowest BCUT2D eigenvalue weighted by atomic mass is 10.00. The molecule has 0 saturated carbocycles. The molecule has 0 aliphatic heterocycles. The molecule has 4 nitrogen and oxygen atoms in total. The van der Waals surface area contributed by atoms with E-state index in [1.807, 2.05) is 13.8 Å². The van der Waals surface area contributed by atoms with Crippen LogP contribution in [0.5, 0.6) is 5.75 Å². The Hall–Kier alpha value is -1.84. The molecule has 0 saturated heterocycles. The first-order valence-electron chi connectivity index (χ1n) is 8.61. The second-order valence-corrected chi connectivity index (χ2v) is 5.68. The lowest BCUT2D eigenvalue weighted by molar-refractivity contribution is -0.139. The Labute approximate surface area is 139 Å². The number of esters is 2. The summed E-state index contributed by atoms with van der Waals surface area (Å²) in [6, 6.07) is 6.54. The summed E-state index contributed by atoms with van der Waals surface area (Å²) >= 11 is 0. The maximum Gasteiger partial charge on any atom is 0.338 e. The van der Waals surface area contributed by atoms with Crippen molar-refractivity contribution >= 4 is 11.9 Å². The van der Waals surface area contributed by atoms with Crippen LogP contribution in [0.2, 0.25) is 0 Å². The largest absolute Gasteiger partial charge is 0.462 e. The van der Waals surface area contributed by atoms with Gasteiger partial charge in [-0.25, -0.2) is 4.79 Å². The van der Waals surface area contributed by atoms with E-state index in [0.29, 0.717) is 17.9 Å². The number of carbonyl (C=O) groups is 2. The molecule has 0 radical (unpaired) electrons. The summed E-state index contributed by atoms with van der Waals surface area (Å²) in [5, 5.41) is 0. The molecular formula is C19H28O4. The third-order valence-corrected chi connectivity index (χ3v) is 3.77. The Bertz CT molecular complexity index is 479. The highest BCUT2D eigenvalue weighted by molar-refractivity contribution is 5.89. The Balaban J connectivity index is 2.55. The molecule has 0 aromatic heterocycles. The van der Waals surface area contributed by atoms with Gasteiger partial charge in [0.15, 0.2) is 0 Å². The fourth-order valence-electron chi connectivity index (χ4n) is 2.19. The molecule has 1 aromatic rings. The number of hydrogen-bond acceptors (Lipinski definition) is 4. The van der Waals surface area contributed by atoms with Crippen molar-refractivity contribution in [3.8, 4) is 5.75 Å². The molecule has 23 heavy (non-hydrogen) atoms. The number of ether oxygens (including phenoxy) is 2. The molecule has 0 unspecified atom stereocenters. The van der Waals surface area contributed by atoms with Crippen LogP contribution in [0.3, 0.4) is 0 Å². The Morgan fingerprint density at radius 1 is 1.00 bits per heavy atom. The van der Waals surface area contributed by atoms with Crippen LogP contribution in [0, 0.1) is 5.92 Å². The van der Waals surface area contributed by atoms with Gasteiger partial charge in [-0.15, -0.1) is 0 Å². The first-order valence-corrected chi connectivity index (χ1v) is 8.61. The summed E-state index contributed by atoms with van der Waals surface area (Å²) in [4.78, 5) is 23.9. The molecule has 0 amide bonds. The highest BCUT2D eigenvalue weighted by atomic mass is 16.5. The van der Waals surface area contributed by atoms with Crippen molar-refractivity contribution in [2.45, 2.75) is 59.3 Å². The highest BCUT2D eigenvalue weighted by Gasteiger charge is 2.18. The molecule has 0 heterocycles. The molecule has 0 aliphatic carbocycles. The summed E-state index contributed by atoms with van der Waals surface area (Å²) < 4.78 is 10.5. The summed E-state index contributed by atoms with van der Waals surface area (Å²) in [6.07, 6.45) is 5.57. The number of unbranched alkanes of at least 4 members (excludes halogenated alkanes) is 2. The Morgan fingerprint density at radius 2 is 1.65 bits per heavy atom. The van der Waals surface area contributed by atoms with E-state index in [4.69, 9.17) is 9.47 Å². The minimum absolute atomic E-state index is 0.0614. The van der Waals surface area contributed by atoms with Crippen LogP contribution in [-0.2, 0) is 9.53 Å². The van der Waals surface area contributed by atoms with Crippen LogP contribution in [0.4, 0.5) is 0 Å². The van der Waals surface area contributed by atoms with Gasteiger partial charge in [-0.3, -0.25) is 4.79 Å². The summed E-state index contributed by atoms with van der Waals surface area (Å²) in [6.45, 7) is 6.58. The van der Waals surface area contributed by atoms with Crippen molar-refractivity contribution in [3.63, 3.8) is 0 Å². The normalized spacial score (nSPS) is 11.8. The van der Waals surface area contributed by atoms with E-state index in [1.54, 1.807) is 24.3 Å². The molecule has 128 valence electrons. The van der Waals surface area contributed by atoms with Crippen LogP contribution >= 0.6 is 0 Å². The monoisotopic (exact) mass is 320 g/mol. The molecule has 0 fully saturated rings. The summed E-state index contributed by atoms with van der Waals surface area (Å²) in [5.74, 6) is -0.131. The molecule has 0 aliphatic rings. The third-order valence-electron chi connectivity index (χ3n) is 3.77. The van der Waals surface area contributed by atoms with Gasteiger partial charge in [-0.05, 0) is 43.5 Å². The van der Waals surface area contributed by atoms with E-state index < -0.39 is 0 Å². The zero-order valence-electron chi connectivity index (χ0n) is 14.5. The first kappa shape index (κ1) is 19.2. The maximum absolute atomic E-state index is 12.1.